The number of esters is 1. The van der Waals surface area contributed by atoms with Gasteiger partial charge in [-0.15, -0.1) is 0 Å². The van der Waals surface area contributed by atoms with Gasteiger partial charge in [0.2, 0.25) is 0 Å². The number of allylic oxidation sites excluding steroid dienone is 1. The first kappa shape index (κ1) is 21.7. The minimum Gasteiger partial charge on any atom is -0.493 e. The van der Waals surface area contributed by atoms with Crippen LogP contribution in [-0.4, -0.2) is 58.4 Å². The molecule has 3 rings (SSSR count). The van der Waals surface area contributed by atoms with E-state index in [0.717, 1.165) is 55.9 Å². The maximum absolute atomic E-state index is 12.2. The summed E-state index contributed by atoms with van der Waals surface area (Å²) in [6.45, 7) is 1.68. The average Bonchev–Trinajstić information content (AvgIpc) is 3.08. The second-order valence-corrected chi connectivity index (χ2v) is 7.96. The highest BCUT2D eigenvalue weighted by molar-refractivity contribution is 5.70. The van der Waals surface area contributed by atoms with Crippen LogP contribution in [0.4, 0.5) is 0 Å². The van der Waals surface area contributed by atoms with Crippen LogP contribution in [0.25, 0.3) is 0 Å². The third-order valence-electron chi connectivity index (χ3n) is 6.30. The van der Waals surface area contributed by atoms with Crippen molar-refractivity contribution < 1.29 is 23.7 Å². The van der Waals surface area contributed by atoms with Crippen molar-refractivity contribution in [2.24, 2.45) is 0 Å². The van der Waals surface area contributed by atoms with Gasteiger partial charge >= 0.3 is 5.97 Å². The van der Waals surface area contributed by atoms with E-state index in [2.05, 4.69) is 30.2 Å². The Kier molecular flexibility index (Phi) is 7.19. The number of hydrogen-bond acceptors (Lipinski definition) is 6. The molecule has 160 valence electrons. The molecule has 1 saturated heterocycles. The Balaban J connectivity index is 1.76. The van der Waals surface area contributed by atoms with E-state index in [1.807, 2.05) is 6.07 Å². The van der Waals surface area contributed by atoms with Gasteiger partial charge in [-0.1, -0.05) is 6.07 Å². The van der Waals surface area contributed by atoms with E-state index >= 15 is 0 Å². The highest BCUT2D eigenvalue weighted by Gasteiger charge is 2.48. The van der Waals surface area contributed by atoms with Crippen LogP contribution in [-0.2, 0) is 19.7 Å². The topological polar surface area (TPSA) is 57.2 Å². The summed E-state index contributed by atoms with van der Waals surface area (Å²) in [4.78, 5) is 14.6. The predicted octanol–water partition coefficient (Wildman–Crippen LogP) is 3.68. The van der Waals surface area contributed by atoms with Crippen LogP contribution in [0.3, 0.4) is 0 Å². The molecule has 1 fully saturated rings. The standard InChI is InChI=1S/C23H33NO5/c1-24-13-12-23(17-8-9-19(27-3)20(15-17)28-4)11-10-18(16-21(23)24)29-22(25)7-5-6-14-26-2/h8-9,15-16,21H,5-7,10-14H2,1-4H3. The first-order chi connectivity index (χ1) is 14.0. The SMILES string of the molecule is COCCCCC(=O)OC1=CC2N(C)CCC2(c2ccc(OC)c(OC)c2)CC1. The van der Waals surface area contributed by atoms with Crippen molar-refractivity contribution in [1.82, 2.24) is 4.90 Å². The third kappa shape index (κ3) is 4.59. The van der Waals surface area contributed by atoms with Crippen LogP contribution in [0.2, 0.25) is 0 Å². The minimum atomic E-state index is -0.147. The van der Waals surface area contributed by atoms with Gasteiger partial charge in [0.15, 0.2) is 11.5 Å². The summed E-state index contributed by atoms with van der Waals surface area (Å²) >= 11 is 0. The number of hydrogen-bond donors (Lipinski definition) is 0. The molecule has 0 radical (unpaired) electrons. The fraction of sp³-hybridized carbons (Fsp3) is 0.609. The highest BCUT2D eigenvalue weighted by atomic mass is 16.5. The number of ether oxygens (including phenoxy) is 4. The average molecular weight is 404 g/mol. The molecule has 0 spiro atoms. The molecule has 0 amide bonds. The Morgan fingerprint density at radius 1 is 1.14 bits per heavy atom. The molecule has 2 atom stereocenters. The second-order valence-electron chi connectivity index (χ2n) is 7.96. The van der Waals surface area contributed by atoms with E-state index in [4.69, 9.17) is 18.9 Å². The van der Waals surface area contributed by atoms with E-state index in [0.29, 0.717) is 13.0 Å². The van der Waals surface area contributed by atoms with Crippen molar-refractivity contribution in [1.29, 1.82) is 0 Å². The van der Waals surface area contributed by atoms with E-state index < -0.39 is 0 Å². The molecule has 1 aliphatic carbocycles. The first-order valence-corrected chi connectivity index (χ1v) is 10.4. The van der Waals surface area contributed by atoms with Gasteiger partial charge in [0.1, 0.15) is 5.76 Å². The van der Waals surface area contributed by atoms with Crippen molar-refractivity contribution in [3.63, 3.8) is 0 Å². The number of benzene rings is 1. The normalized spacial score (nSPS) is 24.0. The molecule has 1 aliphatic heterocycles. The van der Waals surface area contributed by atoms with Crippen LogP contribution in [0, 0.1) is 0 Å². The maximum atomic E-state index is 12.2. The Labute approximate surface area is 173 Å². The second kappa shape index (κ2) is 9.63. The molecule has 29 heavy (non-hydrogen) atoms. The molecular formula is C23H33NO5. The van der Waals surface area contributed by atoms with E-state index in [1.165, 1.54) is 5.56 Å². The predicted molar refractivity (Wildman–Crippen MR) is 111 cm³/mol. The van der Waals surface area contributed by atoms with Gasteiger partial charge in [-0.05, 0) is 63.0 Å². The number of rotatable bonds is 9. The maximum Gasteiger partial charge on any atom is 0.310 e. The van der Waals surface area contributed by atoms with E-state index in [1.54, 1.807) is 21.3 Å². The van der Waals surface area contributed by atoms with Gasteiger partial charge in [0, 0.05) is 38.0 Å². The van der Waals surface area contributed by atoms with Crippen molar-refractivity contribution in [2.45, 2.75) is 50.0 Å². The number of carbonyl (C=O) groups is 1. The Hall–Kier alpha value is -2.05. The minimum absolute atomic E-state index is 0.00265. The number of likely N-dealkylation sites (tertiary alicyclic amines) is 1. The van der Waals surface area contributed by atoms with Gasteiger partial charge in [-0.2, -0.15) is 0 Å². The quantitative estimate of drug-likeness (QED) is 0.463. The summed E-state index contributed by atoms with van der Waals surface area (Å²) in [6, 6.07) is 6.43. The van der Waals surface area contributed by atoms with E-state index in [9.17, 15) is 4.79 Å². The van der Waals surface area contributed by atoms with Gasteiger partial charge in [0.05, 0.1) is 14.2 Å². The molecule has 6 nitrogen and oxygen atoms in total. The van der Waals surface area contributed by atoms with Crippen molar-refractivity contribution in [2.75, 3.05) is 41.5 Å². The monoisotopic (exact) mass is 403 g/mol. The molecule has 1 aromatic rings. The summed E-state index contributed by atoms with van der Waals surface area (Å²) in [7, 11) is 7.14. The molecule has 0 N–H and O–H groups in total. The van der Waals surface area contributed by atoms with Gasteiger partial charge in [-0.3, -0.25) is 9.69 Å². The Morgan fingerprint density at radius 3 is 2.66 bits per heavy atom. The first-order valence-electron chi connectivity index (χ1n) is 10.4. The molecular weight excluding hydrogens is 370 g/mol. The van der Waals surface area contributed by atoms with Gasteiger partial charge in [0.25, 0.3) is 0 Å². The van der Waals surface area contributed by atoms with Crippen LogP contribution in [0.5, 0.6) is 11.5 Å². The number of methoxy groups -OCH3 is 3. The zero-order chi connectivity index (χ0) is 20.9. The molecule has 2 aliphatic rings. The smallest absolute Gasteiger partial charge is 0.310 e. The fourth-order valence-electron chi connectivity index (χ4n) is 4.65. The fourth-order valence-corrected chi connectivity index (χ4v) is 4.65. The summed E-state index contributed by atoms with van der Waals surface area (Å²) < 4.78 is 21.7. The molecule has 2 unspecified atom stereocenters. The van der Waals surface area contributed by atoms with Crippen molar-refractivity contribution in [3.05, 3.63) is 35.6 Å². The molecule has 0 saturated carbocycles. The lowest BCUT2D eigenvalue weighted by Gasteiger charge is -2.40. The van der Waals surface area contributed by atoms with Crippen LogP contribution in [0.1, 0.15) is 44.1 Å². The van der Waals surface area contributed by atoms with Crippen molar-refractivity contribution in [3.8, 4) is 11.5 Å². The molecule has 0 aromatic heterocycles. The number of likely N-dealkylation sites (N-methyl/N-ethyl adjacent to an activating group) is 1. The van der Waals surface area contributed by atoms with E-state index in [-0.39, 0.29) is 17.4 Å². The van der Waals surface area contributed by atoms with Gasteiger partial charge < -0.3 is 18.9 Å². The number of carbonyl (C=O) groups excluding carboxylic acids is 1. The zero-order valence-electron chi connectivity index (χ0n) is 18.0. The summed E-state index contributed by atoms with van der Waals surface area (Å²) in [6.07, 6.45) is 7.03. The number of unbranched alkanes of at least 4 members (excludes halogenated alkanes) is 1. The Morgan fingerprint density at radius 2 is 1.93 bits per heavy atom. The van der Waals surface area contributed by atoms with Gasteiger partial charge in [-0.25, -0.2) is 0 Å². The molecule has 6 heteroatoms. The van der Waals surface area contributed by atoms with Crippen LogP contribution in [0.15, 0.2) is 30.0 Å². The molecule has 1 heterocycles. The summed E-state index contributed by atoms with van der Waals surface area (Å²) in [5.74, 6) is 2.15. The zero-order valence-corrected chi connectivity index (χ0v) is 18.0. The lowest BCUT2D eigenvalue weighted by Crippen LogP contribution is -2.42. The largest absolute Gasteiger partial charge is 0.493 e. The van der Waals surface area contributed by atoms with Crippen LogP contribution < -0.4 is 9.47 Å². The van der Waals surface area contributed by atoms with Crippen molar-refractivity contribution >= 4 is 5.97 Å². The third-order valence-corrected chi connectivity index (χ3v) is 6.30. The lowest BCUT2D eigenvalue weighted by molar-refractivity contribution is -0.140. The summed E-state index contributed by atoms with van der Waals surface area (Å²) in [5, 5.41) is 0. The number of nitrogens with zero attached hydrogens (tertiary/aromatic N) is 1. The number of fused-ring (bicyclic) bond motifs is 1. The van der Waals surface area contributed by atoms with Crippen LogP contribution >= 0.6 is 0 Å². The molecule has 0 bridgehead atoms. The molecule has 1 aromatic carbocycles. The highest BCUT2D eigenvalue weighted by Crippen LogP contribution is 2.49. The summed E-state index contributed by atoms with van der Waals surface area (Å²) in [5.41, 5.74) is 1.26. The Bertz CT molecular complexity index is 747. The lowest BCUT2D eigenvalue weighted by atomic mass is 9.68.